The van der Waals surface area contributed by atoms with Gasteiger partial charge in [0.25, 0.3) is 0 Å². The summed E-state index contributed by atoms with van der Waals surface area (Å²) in [7, 11) is -0.717. The van der Waals surface area contributed by atoms with Gasteiger partial charge in [-0.15, -0.1) is 0 Å². The van der Waals surface area contributed by atoms with E-state index in [-0.39, 0.29) is 12.2 Å². The monoisotopic (exact) mass is 246 g/mol. The van der Waals surface area contributed by atoms with Gasteiger partial charge in [0.2, 0.25) is 0 Å². The average Bonchev–Trinajstić information content (AvgIpc) is 2.68. The summed E-state index contributed by atoms with van der Waals surface area (Å²) in [5.74, 6) is 0. The summed E-state index contributed by atoms with van der Waals surface area (Å²) in [6, 6.07) is 0. The Labute approximate surface area is 101 Å². The molecule has 1 saturated carbocycles. The van der Waals surface area contributed by atoms with Gasteiger partial charge in [-0.25, -0.2) is 0 Å². The minimum Gasteiger partial charge on any atom is -0.377 e. The van der Waals surface area contributed by atoms with Crippen LogP contribution in [0, 0.1) is 0 Å². The molecule has 3 nitrogen and oxygen atoms in total. The topological polar surface area (TPSA) is 27.7 Å². The predicted octanol–water partition coefficient (Wildman–Crippen LogP) is 3.37. The molecule has 0 bridgehead atoms. The predicted molar refractivity (Wildman–Crippen MR) is 67.4 cm³/mol. The molecule has 0 aromatic rings. The van der Waals surface area contributed by atoms with Crippen LogP contribution in [-0.4, -0.2) is 28.1 Å². The van der Waals surface area contributed by atoms with Crippen LogP contribution in [0.25, 0.3) is 0 Å². The third-order valence-electron chi connectivity index (χ3n) is 2.94. The van der Waals surface area contributed by atoms with Crippen molar-refractivity contribution in [1.82, 2.24) is 0 Å². The molecule has 0 aromatic carbocycles. The molecule has 1 fully saturated rings. The van der Waals surface area contributed by atoms with Gasteiger partial charge in [0.05, 0.1) is 0 Å². The first-order chi connectivity index (χ1) is 7.50. The van der Waals surface area contributed by atoms with Crippen molar-refractivity contribution < 1.29 is 13.3 Å². The standard InChI is InChI=1S/C12H26O3Si/c1-10(2)14-16(13-5,15-11(3)4)12-8-6-7-9-12/h10-12H,6-9H2,1-5H3. The molecule has 0 heterocycles. The quantitative estimate of drug-likeness (QED) is 0.673. The minimum absolute atomic E-state index is 0.172. The first-order valence-electron chi connectivity index (χ1n) is 6.41. The fourth-order valence-corrected chi connectivity index (χ4v) is 5.82. The van der Waals surface area contributed by atoms with E-state index in [0.29, 0.717) is 5.54 Å². The molecule has 0 aliphatic heterocycles. The molecule has 0 amide bonds. The van der Waals surface area contributed by atoms with Crippen molar-refractivity contribution in [2.75, 3.05) is 7.11 Å². The number of hydrogen-bond donors (Lipinski definition) is 0. The summed E-state index contributed by atoms with van der Waals surface area (Å²) < 4.78 is 17.9. The van der Waals surface area contributed by atoms with Crippen LogP contribution in [0.4, 0.5) is 0 Å². The van der Waals surface area contributed by atoms with Crippen molar-refractivity contribution in [3.63, 3.8) is 0 Å². The molecule has 0 radical (unpaired) electrons. The summed E-state index contributed by atoms with van der Waals surface area (Å²) >= 11 is 0. The van der Waals surface area contributed by atoms with Gasteiger partial charge >= 0.3 is 8.80 Å². The Kier molecular flexibility index (Phi) is 5.44. The Hall–Kier alpha value is 0.0969. The Morgan fingerprint density at radius 1 is 0.938 bits per heavy atom. The summed E-state index contributed by atoms with van der Waals surface area (Å²) in [5, 5.41) is 0. The van der Waals surface area contributed by atoms with E-state index in [1.165, 1.54) is 25.7 Å². The van der Waals surface area contributed by atoms with Crippen LogP contribution in [0.15, 0.2) is 0 Å². The fraction of sp³-hybridized carbons (Fsp3) is 1.00. The zero-order valence-electron chi connectivity index (χ0n) is 11.3. The van der Waals surface area contributed by atoms with E-state index < -0.39 is 8.80 Å². The molecule has 0 aromatic heterocycles. The summed E-state index contributed by atoms with van der Waals surface area (Å²) in [6.45, 7) is 8.22. The average molecular weight is 246 g/mol. The lowest BCUT2D eigenvalue weighted by atomic mass is 10.4. The molecule has 96 valence electrons. The van der Waals surface area contributed by atoms with E-state index in [0.717, 1.165) is 0 Å². The molecule has 0 N–H and O–H groups in total. The number of rotatable bonds is 6. The van der Waals surface area contributed by atoms with E-state index in [9.17, 15) is 0 Å². The van der Waals surface area contributed by atoms with Gasteiger partial charge in [-0.05, 0) is 40.5 Å². The normalized spacial score (nSPS) is 18.9. The summed E-state index contributed by atoms with van der Waals surface area (Å²) in [6.07, 6.45) is 5.30. The highest BCUT2D eigenvalue weighted by atomic mass is 28.4. The van der Waals surface area contributed by atoms with Crippen molar-refractivity contribution in [3.8, 4) is 0 Å². The van der Waals surface area contributed by atoms with Gasteiger partial charge in [0.1, 0.15) is 0 Å². The van der Waals surface area contributed by atoms with E-state index in [2.05, 4.69) is 27.7 Å². The van der Waals surface area contributed by atoms with Gasteiger partial charge in [-0.2, -0.15) is 0 Å². The second-order valence-corrected chi connectivity index (χ2v) is 8.03. The van der Waals surface area contributed by atoms with Crippen LogP contribution in [-0.2, 0) is 13.3 Å². The SMILES string of the molecule is CO[Si](OC(C)C)(OC(C)C)C1CCCC1. The number of hydrogen-bond acceptors (Lipinski definition) is 3. The highest BCUT2D eigenvalue weighted by molar-refractivity contribution is 6.62. The third kappa shape index (κ3) is 3.55. The summed E-state index contributed by atoms with van der Waals surface area (Å²) in [5.41, 5.74) is 0.502. The molecule has 1 aliphatic carbocycles. The van der Waals surface area contributed by atoms with Crippen molar-refractivity contribution >= 4 is 8.80 Å². The molecule has 0 saturated heterocycles. The van der Waals surface area contributed by atoms with Gasteiger partial charge in [-0.1, -0.05) is 12.8 Å². The lowest BCUT2D eigenvalue weighted by molar-refractivity contribution is 0.0243. The maximum absolute atomic E-state index is 6.08. The maximum Gasteiger partial charge on any atom is 0.504 e. The van der Waals surface area contributed by atoms with Crippen LogP contribution in [0.2, 0.25) is 5.54 Å². The Bertz CT molecular complexity index is 190. The second kappa shape index (κ2) is 6.14. The molecule has 1 aliphatic rings. The largest absolute Gasteiger partial charge is 0.504 e. The van der Waals surface area contributed by atoms with Crippen molar-refractivity contribution in [3.05, 3.63) is 0 Å². The van der Waals surface area contributed by atoms with Crippen molar-refractivity contribution in [1.29, 1.82) is 0 Å². The highest BCUT2D eigenvalue weighted by Crippen LogP contribution is 2.41. The first kappa shape index (κ1) is 14.2. The van der Waals surface area contributed by atoms with Gasteiger partial charge < -0.3 is 13.3 Å². The van der Waals surface area contributed by atoms with E-state index in [1.807, 2.05) is 0 Å². The molecular weight excluding hydrogens is 220 g/mol. The Morgan fingerprint density at radius 2 is 1.38 bits per heavy atom. The molecule has 0 unspecified atom stereocenters. The smallest absolute Gasteiger partial charge is 0.377 e. The van der Waals surface area contributed by atoms with Crippen molar-refractivity contribution in [2.45, 2.75) is 71.1 Å². The summed E-state index contributed by atoms with van der Waals surface area (Å²) in [4.78, 5) is 0. The van der Waals surface area contributed by atoms with Gasteiger partial charge in [0, 0.05) is 24.9 Å². The van der Waals surface area contributed by atoms with Crippen LogP contribution in [0.5, 0.6) is 0 Å². The minimum atomic E-state index is -2.46. The third-order valence-corrected chi connectivity index (χ3v) is 6.69. The molecular formula is C12H26O3Si. The Balaban J connectivity index is 2.77. The molecule has 1 rings (SSSR count). The first-order valence-corrected chi connectivity index (χ1v) is 8.21. The molecule has 0 atom stereocenters. The maximum atomic E-state index is 6.08. The van der Waals surface area contributed by atoms with Crippen molar-refractivity contribution in [2.24, 2.45) is 0 Å². The van der Waals surface area contributed by atoms with Crippen LogP contribution in [0.1, 0.15) is 53.4 Å². The molecule has 4 heteroatoms. The van der Waals surface area contributed by atoms with Crippen LogP contribution >= 0.6 is 0 Å². The second-order valence-electron chi connectivity index (χ2n) is 5.12. The lowest BCUT2D eigenvalue weighted by Crippen LogP contribution is -2.51. The highest BCUT2D eigenvalue weighted by Gasteiger charge is 2.50. The van der Waals surface area contributed by atoms with E-state index >= 15 is 0 Å². The van der Waals surface area contributed by atoms with Gasteiger partial charge in [-0.3, -0.25) is 0 Å². The van der Waals surface area contributed by atoms with E-state index in [4.69, 9.17) is 13.3 Å². The molecule has 16 heavy (non-hydrogen) atoms. The Morgan fingerprint density at radius 3 is 1.69 bits per heavy atom. The van der Waals surface area contributed by atoms with E-state index in [1.54, 1.807) is 7.11 Å². The van der Waals surface area contributed by atoms with Crippen LogP contribution in [0.3, 0.4) is 0 Å². The van der Waals surface area contributed by atoms with Crippen LogP contribution < -0.4 is 0 Å². The van der Waals surface area contributed by atoms with Gasteiger partial charge in [0.15, 0.2) is 0 Å². The molecule has 0 spiro atoms. The lowest BCUT2D eigenvalue weighted by Gasteiger charge is -2.35. The zero-order chi connectivity index (χ0) is 12.2. The fourth-order valence-electron chi connectivity index (χ4n) is 2.42. The zero-order valence-corrected chi connectivity index (χ0v) is 12.3.